The largest absolute Gasteiger partial charge is 0.415 e. The molecule has 4 rings (SSSR count). The Bertz CT molecular complexity index is 969. The van der Waals surface area contributed by atoms with Crippen molar-refractivity contribution in [1.29, 1.82) is 0 Å². The second-order valence-corrected chi connectivity index (χ2v) is 8.20. The number of piperidine rings is 1. The number of aromatic nitrogens is 2. The number of rotatable bonds is 5. The molecule has 1 fully saturated rings. The number of carbonyl (C=O) groups is 2. The lowest BCUT2D eigenvalue weighted by Crippen LogP contribution is -2.40. The van der Waals surface area contributed by atoms with Crippen LogP contribution >= 0.6 is 11.8 Å². The van der Waals surface area contributed by atoms with E-state index in [1.165, 1.54) is 0 Å². The summed E-state index contributed by atoms with van der Waals surface area (Å²) in [5, 5.41) is 4.18. The lowest BCUT2D eigenvalue weighted by atomic mass is 10.1. The molecule has 1 saturated heterocycles. The molecule has 0 spiro atoms. The Labute approximate surface area is 178 Å². The molecule has 0 radical (unpaired) electrons. The lowest BCUT2D eigenvalue weighted by Gasteiger charge is -2.30. The standard InChI is InChI=1S/C22H22N4O3S/c27-20(16-4-2-1-3-5-16)25-17-6-8-18(9-7-17)29-22(28)26-14-10-19(11-15-26)30-21-23-12-13-24-21/h1-9,12-13,19H,10-11,14-15H2,(H,23,24)(H,25,27). The number of thioether (sulfide) groups is 1. The van der Waals surface area contributed by atoms with E-state index in [0.717, 1.165) is 18.0 Å². The molecule has 0 unspecified atom stereocenters. The van der Waals surface area contributed by atoms with Crippen molar-refractivity contribution in [2.24, 2.45) is 0 Å². The zero-order valence-corrected chi connectivity index (χ0v) is 17.1. The van der Waals surface area contributed by atoms with Crippen LogP contribution in [0.5, 0.6) is 5.75 Å². The molecule has 2 aromatic carbocycles. The third-order valence-corrected chi connectivity index (χ3v) is 6.06. The van der Waals surface area contributed by atoms with Crippen molar-refractivity contribution in [3.8, 4) is 5.75 Å². The van der Waals surface area contributed by atoms with Crippen LogP contribution in [0.15, 0.2) is 72.1 Å². The topological polar surface area (TPSA) is 87.3 Å². The summed E-state index contributed by atoms with van der Waals surface area (Å²) >= 11 is 1.71. The number of aromatic amines is 1. The predicted octanol–water partition coefficient (Wildman–Crippen LogP) is 4.42. The van der Waals surface area contributed by atoms with Gasteiger partial charge in [0.25, 0.3) is 5.91 Å². The van der Waals surface area contributed by atoms with Gasteiger partial charge in [0.2, 0.25) is 0 Å². The van der Waals surface area contributed by atoms with Gasteiger partial charge in [0.05, 0.1) is 0 Å². The molecule has 1 aliphatic rings. The number of anilines is 1. The highest BCUT2D eigenvalue weighted by atomic mass is 32.2. The number of benzene rings is 2. The van der Waals surface area contributed by atoms with Crippen LogP contribution in [0.3, 0.4) is 0 Å². The van der Waals surface area contributed by atoms with Crippen LogP contribution in [0.2, 0.25) is 0 Å². The van der Waals surface area contributed by atoms with Crippen LogP contribution in [0, 0.1) is 0 Å². The number of nitrogens with zero attached hydrogens (tertiary/aromatic N) is 2. The first kappa shape index (κ1) is 20.0. The highest BCUT2D eigenvalue weighted by Gasteiger charge is 2.25. The summed E-state index contributed by atoms with van der Waals surface area (Å²) in [6, 6.07) is 15.8. The normalized spacial score (nSPS) is 14.3. The molecule has 30 heavy (non-hydrogen) atoms. The van der Waals surface area contributed by atoms with Gasteiger partial charge >= 0.3 is 6.09 Å². The number of nitrogens with one attached hydrogen (secondary N) is 2. The fraction of sp³-hybridized carbons (Fsp3) is 0.227. The maximum atomic E-state index is 12.4. The highest BCUT2D eigenvalue weighted by Crippen LogP contribution is 2.28. The molecule has 8 heteroatoms. The average Bonchev–Trinajstić information content (AvgIpc) is 3.29. The smallest absolute Gasteiger partial charge is 0.410 e. The average molecular weight is 423 g/mol. The van der Waals surface area contributed by atoms with Gasteiger partial charge in [0.1, 0.15) is 5.75 Å². The van der Waals surface area contributed by atoms with Gasteiger partial charge in [-0.25, -0.2) is 9.78 Å². The van der Waals surface area contributed by atoms with Crippen LogP contribution in [0.25, 0.3) is 0 Å². The van der Waals surface area contributed by atoms with Crippen LogP contribution in [-0.4, -0.2) is 45.2 Å². The zero-order valence-electron chi connectivity index (χ0n) is 16.3. The van der Waals surface area contributed by atoms with Crippen molar-refractivity contribution >= 4 is 29.4 Å². The quantitative estimate of drug-likeness (QED) is 0.636. The maximum Gasteiger partial charge on any atom is 0.415 e. The minimum absolute atomic E-state index is 0.185. The van der Waals surface area contributed by atoms with Crippen LogP contribution in [0.4, 0.5) is 10.5 Å². The van der Waals surface area contributed by atoms with Crippen molar-refractivity contribution in [2.75, 3.05) is 18.4 Å². The fourth-order valence-electron chi connectivity index (χ4n) is 3.19. The molecule has 0 saturated carbocycles. The Morgan fingerprint density at radius 1 is 1.07 bits per heavy atom. The summed E-state index contributed by atoms with van der Waals surface area (Å²) in [7, 11) is 0. The minimum Gasteiger partial charge on any atom is -0.410 e. The van der Waals surface area contributed by atoms with E-state index in [2.05, 4.69) is 15.3 Å². The lowest BCUT2D eigenvalue weighted by molar-refractivity contribution is 0.102. The van der Waals surface area contributed by atoms with Gasteiger partial charge < -0.3 is 19.9 Å². The Morgan fingerprint density at radius 3 is 2.47 bits per heavy atom. The second-order valence-electron chi connectivity index (χ2n) is 6.91. The molecule has 2 amide bonds. The fourth-order valence-corrected chi connectivity index (χ4v) is 4.21. The van der Waals surface area contributed by atoms with Crippen molar-refractivity contribution in [2.45, 2.75) is 23.2 Å². The van der Waals surface area contributed by atoms with E-state index in [0.29, 0.717) is 35.3 Å². The molecule has 1 aliphatic heterocycles. The molecular formula is C22H22N4O3S. The van der Waals surface area contributed by atoms with Crippen molar-refractivity contribution in [3.05, 3.63) is 72.6 Å². The molecule has 0 bridgehead atoms. The Morgan fingerprint density at radius 2 is 1.80 bits per heavy atom. The number of amides is 2. The second kappa shape index (κ2) is 9.49. The summed E-state index contributed by atoms with van der Waals surface area (Å²) in [6.07, 6.45) is 4.99. The number of likely N-dealkylation sites (tertiary alicyclic amines) is 1. The number of imidazole rings is 1. The first-order chi connectivity index (χ1) is 14.7. The predicted molar refractivity (Wildman–Crippen MR) is 116 cm³/mol. The van der Waals surface area contributed by atoms with Gasteiger partial charge in [0, 0.05) is 42.0 Å². The number of hydrogen-bond donors (Lipinski definition) is 2. The van der Waals surface area contributed by atoms with Gasteiger partial charge in [-0.05, 0) is 49.2 Å². The van der Waals surface area contributed by atoms with Crippen molar-refractivity contribution in [1.82, 2.24) is 14.9 Å². The molecular weight excluding hydrogens is 400 g/mol. The SMILES string of the molecule is O=C(Nc1ccc(OC(=O)N2CCC(Sc3ncc[nH]3)CC2)cc1)c1ccccc1. The number of hydrogen-bond acceptors (Lipinski definition) is 5. The number of H-pyrrole nitrogens is 1. The zero-order chi connectivity index (χ0) is 20.8. The van der Waals surface area contributed by atoms with Crippen LogP contribution in [0.1, 0.15) is 23.2 Å². The van der Waals surface area contributed by atoms with Crippen LogP contribution < -0.4 is 10.1 Å². The van der Waals surface area contributed by atoms with E-state index >= 15 is 0 Å². The van der Waals surface area contributed by atoms with E-state index in [1.807, 2.05) is 24.4 Å². The summed E-state index contributed by atoms with van der Waals surface area (Å²) in [4.78, 5) is 33.7. The molecule has 1 aromatic heterocycles. The molecule has 2 heterocycles. The molecule has 7 nitrogen and oxygen atoms in total. The summed E-state index contributed by atoms with van der Waals surface area (Å²) < 4.78 is 5.49. The molecule has 154 valence electrons. The van der Waals surface area contributed by atoms with E-state index in [4.69, 9.17) is 4.74 Å². The Balaban J connectivity index is 1.25. The first-order valence-electron chi connectivity index (χ1n) is 9.76. The van der Waals surface area contributed by atoms with E-state index in [9.17, 15) is 9.59 Å². The van der Waals surface area contributed by atoms with Gasteiger partial charge in [0.15, 0.2) is 5.16 Å². The van der Waals surface area contributed by atoms with Gasteiger partial charge in [-0.3, -0.25) is 4.79 Å². The van der Waals surface area contributed by atoms with Crippen LogP contribution in [-0.2, 0) is 0 Å². The van der Waals surface area contributed by atoms with Gasteiger partial charge in [-0.1, -0.05) is 30.0 Å². The van der Waals surface area contributed by atoms with E-state index in [1.54, 1.807) is 59.3 Å². The molecule has 0 aliphatic carbocycles. The minimum atomic E-state index is -0.350. The molecule has 3 aromatic rings. The third-order valence-electron chi connectivity index (χ3n) is 4.80. The number of carbonyl (C=O) groups excluding carboxylic acids is 2. The van der Waals surface area contributed by atoms with E-state index < -0.39 is 0 Å². The Kier molecular flexibility index (Phi) is 6.34. The third kappa shape index (κ3) is 5.21. The highest BCUT2D eigenvalue weighted by molar-refractivity contribution is 7.99. The first-order valence-corrected chi connectivity index (χ1v) is 10.6. The molecule has 2 N–H and O–H groups in total. The summed E-state index contributed by atoms with van der Waals surface area (Å²) in [5.41, 5.74) is 1.22. The van der Waals surface area contributed by atoms with E-state index in [-0.39, 0.29) is 12.0 Å². The van der Waals surface area contributed by atoms with Crippen molar-refractivity contribution in [3.63, 3.8) is 0 Å². The molecule has 0 atom stereocenters. The van der Waals surface area contributed by atoms with Crippen molar-refractivity contribution < 1.29 is 14.3 Å². The van der Waals surface area contributed by atoms with Gasteiger partial charge in [-0.2, -0.15) is 0 Å². The maximum absolute atomic E-state index is 12.4. The Hall–Kier alpha value is -3.26. The van der Waals surface area contributed by atoms with Gasteiger partial charge in [-0.15, -0.1) is 0 Å². The summed E-state index contributed by atoms with van der Waals surface area (Å²) in [6.45, 7) is 1.31. The number of ether oxygens (including phenoxy) is 1. The monoisotopic (exact) mass is 422 g/mol. The summed E-state index contributed by atoms with van der Waals surface area (Å²) in [5.74, 6) is 0.264.